The van der Waals surface area contributed by atoms with Crippen LogP contribution in [0.15, 0.2) is 64.4 Å². The average Bonchev–Trinajstić information content (AvgIpc) is 2.96. The summed E-state index contributed by atoms with van der Waals surface area (Å²) in [5, 5.41) is 9.37. The third-order valence-corrected chi connectivity index (χ3v) is 9.37. The highest BCUT2D eigenvalue weighted by atomic mass is 32.2. The number of hydrogen-bond donors (Lipinski definition) is 1. The van der Waals surface area contributed by atoms with Crippen molar-refractivity contribution in [1.82, 2.24) is 4.31 Å². The van der Waals surface area contributed by atoms with Gasteiger partial charge in [-0.1, -0.05) is 38.0 Å². The van der Waals surface area contributed by atoms with E-state index in [-0.39, 0.29) is 22.1 Å². The van der Waals surface area contributed by atoms with Crippen molar-refractivity contribution in [3.63, 3.8) is 0 Å². The molecule has 0 aliphatic carbocycles. The molecule has 0 saturated carbocycles. The predicted octanol–water partition coefficient (Wildman–Crippen LogP) is 6.38. The topological polar surface area (TPSA) is 77.9 Å². The molecule has 1 atom stereocenters. The zero-order valence-corrected chi connectivity index (χ0v) is 22.4. The van der Waals surface area contributed by atoms with Crippen molar-refractivity contribution in [3.05, 3.63) is 71.8 Å². The Kier molecular flexibility index (Phi) is 7.91. The molecular formula is C27H28F2N2O4S2. The van der Waals surface area contributed by atoms with E-state index in [1.807, 2.05) is 42.2 Å². The summed E-state index contributed by atoms with van der Waals surface area (Å²) in [6, 6.07) is 13.6. The van der Waals surface area contributed by atoms with Crippen molar-refractivity contribution in [3.8, 4) is 11.1 Å². The van der Waals surface area contributed by atoms with Gasteiger partial charge in [0.1, 0.15) is 16.5 Å². The number of rotatable bonds is 7. The van der Waals surface area contributed by atoms with E-state index < -0.39 is 33.2 Å². The number of aromatic carboxylic acids is 1. The van der Waals surface area contributed by atoms with Crippen molar-refractivity contribution < 1.29 is 27.1 Å². The maximum Gasteiger partial charge on any atom is 0.338 e. The molecule has 196 valence electrons. The Balaban J connectivity index is 2.02. The number of benzene rings is 3. The van der Waals surface area contributed by atoms with Gasteiger partial charge in [0.05, 0.1) is 11.3 Å². The van der Waals surface area contributed by atoms with Gasteiger partial charge in [-0.15, -0.1) is 11.8 Å². The third kappa shape index (κ3) is 5.10. The Labute approximate surface area is 220 Å². The largest absolute Gasteiger partial charge is 0.478 e. The molecule has 1 aliphatic rings. The lowest BCUT2D eigenvalue weighted by atomic mass is 10.0. The maximum absolute atomic E-state index is 15.3. The summed E-state index contributed by atoms with van der Waals surface area (Å²) in [6.45, 7) is 2.46. The van der Waals surface area contributed by atoms with Gasteiger partial charge in [0.2, 0.25) is 10.0 Å². The van der Waals surface area contributed by atoms with Crippen LogP contribution in [-0.4, -0.2) is 49.7 Å². The molecule has 0 amide bonds. The Morgan fingerprint density at radius 3 is 2.43 bits per heavy atom. The molecule has 0 aromatic heterocycles. The quantitative estimate of drug-likeness (QED) is 0.347. The summed E-state index contributed by atoms with van der Waals surface area (Å²) in [7, 11) is -2.49. The van der Waals surface area contributed by atoms with Crippen molar-refractivity contribution in [1.29, 1.82) is 0 Å². The highest BCUT2D eigenvalue weighted by molar-refractivity contribution is 7.98. The molecule has 0 fully saturated rings. The van der Waals surface area contributed by atoms with Gasteiger partial charge >= 0.3 is 5.97 Å². The number of carboxylic acid groups (broad SMARTS) is 1. The Bertz CT molecular complexity index is 1430. The van der Waals surface area contributed by atoms with Crippen LogP contribution in [0.2, 0.25) is 0 Å². The summed E-state index contributed by atoms with van der Waals surface area (Å²) in [5.74, 6) is -3.66. The Morgan fingerprint density at radius 1 is 1.11 bits per heavy atom. The predicted molar refractivity (Wildman–Crippen MR) is 142 cm³/mol. The number of nitrogens with zero attached hydrogens (tertiary/aromatic N) is 2. The second-order valence-electron chi connectivity index (χ2n) is 8.90. The molecule has 1 N–H and O–H groups in total. The van der Waals surface area contributed by atoms with E-state index >= 15 is 4.39 Å². The number of likely N-dealkylation sites (N-methyl/N-ethyl adjacent to an activating group) is 1. The number of anilines is 2. The number of sulfonamides is 1. The van der Waals surface area contributed by atoms with Gasteiger partial charge in [-0.25, -0.2) is 22.0 Å². The minimum absolute atomic E-state index is 0.0498. The van der Waals surface area contributed by atoms with Crippen LogP contribution in [-0.2, 0) is 10.0 Å². The van der Waals surface area contributed by atoms with Crippen LogP contribution in [0.25, 0.3) is 11.1 Å². The number of unbranched alkanes of at least 4 members (excludes halogenated alkanes) is 1. The van der Waals surface area contributed by atoms with E-state index in [1.165, 1.54) is 22.1 Å². The fourth-order valence-corrected chi connectivity index (χ4v) is 6.82. The first kappa shape index (κ1) is 27.1. The van der Waals surface area contributed by atoms with Gasteiger partial charge in [-0.2, -0.15) is 4.31 Å². The average molecular weight is 547 g/mol. The van der Waals surface area contributed by atoms with Crippen molar-refractivity contribution in [2.45, 2.75) is 42.0 Å². The second kappa shape index (κ2) is 10.8. The lowest BCUT2D eigenvalue weighted by molar-refractivity contribution is 0.0691. The summed E-state index contributed by atoms with van der Waals surface area (Å²) in [4.78, 5) is 13.9. The van der Waals surface area contributed by atoms with Crippen molar-refractivity contribution in [2.24, 2.45) is 0 Å². The fraction of sp³-hybridized carbons (Fsp3) is 0.296. The molecule has 6 nitrogen and oxygen atoms in total. The van der Waals surface area contributed by atoms with Gasteiger partial charge < -0.3 is 10.0 Å². The molecule has 10 heteroatoms. The number of carbonyl (C=O) groups is 1. The molecule has 1 unspecified atom stereocenters. The highest BCUT2D eigenvalue weighted by Gasteiger charge is 2.37. The van der Waals surface area contributed by atoms with Gasteiger partial charge in [0, 0.05) is 35.8 Å². The fourth-order valence-electron chi connectivity index (χ4n) is 4.63. The van der Waals surface area contributed by atoms with Gasteiger partial charge in [0.25, 0.3) is 0 Å². The Hall–Kier alpha value is -2.95. The molecule has 3 aromatic carbocycles. The molecule has 37 heavy (non-hydrogen) atoms. The molecule has 0 saturated heterocycles. The van der Waals surface area contributed by atoms with Gasteiger partial charge in [-0.3, -0.25) is 0 Å². The number of carboxylic acids is 1. The third-order valence-electron chi connectivity index (χ3n) is 6.65. The molecule has 0 radical (unpaired) electrons. The lowest BCUT2D eigenvalue weighted by Crippen LogP contribution is -2.40. The number of thioether (sulfide) groups is 1. The van der Waals surface area contributed by atoms with Crippen LogP contribution in [0.4, 0.5) is 20.2 Å². The van der Waals surface area contributed by atoms with Crippen LogP contribution >= 0.6 is 11.8 Å². The minimum Gasteiger partial charge on any atom is -0.478 e. The molecule has 3 aromatic rings. The van der Waals surface area contributed by atoms with Crippen LogP contribution in [0.1, 0.15) is 36.5 Å². The van der Waals surface area contributed by atoms with Crippen LogP contribution in [0, 0.1) is 11.6 Å². The molecule has 1 heterocycles. The van der Waals surface area contributed by atoms with Gasteiger partial charge in [-0.05, 0) is 54.6 Å². The van der Waals surface area contributed by atoms with Crippen LogP contribution < -0.4 is 4.90 Å². The number of fused-ring (bicyclic) bond motifs is 1. The maximum atomic E-state index is 15.3. The summed E-state index contributed by atoms with van der Waals surface area (Å²) in [6.07, 6.45) is 4.16. The van der Waals surface area contributed by atoms with E-state index in [4.69, 9.17) is 0 Å². The van der Waals surface area contributed by atoms with Crippen LogP contribution in [0.5, 0.6) is 0 Å². The Morgan fingerprint density at radius 2 is 1.81 bits per heavy atom. The summed E-state index contributed by atoms with van der Waals surface area (Å²) < 4.78 is 58.9. The second-order valence-corrected chi connectivity index (χ2v) is 11.7. The first-order chi connectivity index (χ1) is 17.6. The van der Waals surface area contributed by atoms with E-state index in [1.54, 1.807) is 19.4 Å². The van der Waals surface area contributed by atoms with Crippen molar-refractivity contribution in [2.75, 3.05) is 24.7 Å². The zero-order chi connectivity index (χ0) is 26.9. The molecular weight excluding hydrogens is 518 g/mol. The number of para-hydroxylation sites is 1. The lowest BCUT2D eigenvalue weighted by Gasteiger charge is -2.29. The first-order valence-corrected chi connectivity index (χ1v) is 14.5. The van der Waals surface area contributed by atoms with Crippen LogP contribution in [0.3, 0.4) is 0 Å². The van der Waals surface area contributed by atoms with E-state index in [2.05, 4.69) is 0 Å². The molecule has 0 spiro atoms. The summed E-state index contributed by atoms with van der Waals surface area (Å²) in [5.41, 5.74) is 0.228. The molecule has 0 bridgehead atoms. The first-order valence-electron chi connectivity index (χ1n) is 11.9. The number of halogens is 2. The van der Waals surface area contributed by atoms with E-state index in [9.17, 15) is 22.7 Å². The SMILES string of the molecule is CCCCC1CN(c2ccccc2)c2cc(SC)c(-c3cc(F)cc(C(=O)O)c3F)cc2S(=O)(=O)N1C. The molecule has 4 rings (SSSR count). The minimum atomic E-state index is -4.03. The highest BCUT2D eigenvalue weighted by Crippen LogP contribution is 2.44. The van der Waals surface area contributed by atoms with E-state index in [0.717, 1.165) is 24.6 Å². The van der Waals surface area contributed by atoms with Crippen molar-refractivity contribution >= 4 is 39.1 Å². The smallest absolute Gasteiger partial charge is 0.338 e. The zero-order valence-electron chi connectivity index (χ0n) is 20.7. The number of hydrogen-bond acceptors (Lipinski definition) is 5. The molecule has 1 aliphatic heterocycles. The van der Waals surface area contributed by atoms with Gasteiger partial charge in [0.15, 0.2) is 0 Å². The normalized spacial score (nSPS) is 17.3. The summed E-state index contributed by atoms with van der Waals surface area (Å²) >= 11 is 1.24. The monoisotopic (exact) mass is 546 g/mol. The standard InChI is InChI=1S/C27H28F2N2O4S2/c1-4-5-9-19-16-31(18-10-7-6-8-11-18)23-15-24(36-3)20(14-25(23)37(34,35)30(19)2)21-12-17(28)13-22(26(21)29)27(32)33/h6-8,10-15,19H,4-5,9,16H2,1-3H3,(H,32,33). The van der Waals surface area contributed by atoms with E-state index in [0.29, 0.717) is 29.6 Å².